The Balaban J connectivity index is 1.59. The highest BCUT2D eigenvalue weighted by Gasteiger charge is 2.08. The summed E-state index contributed by atoms with van der Waals surface area (Å²) in [6.45, 7) is 0.760. The van der Waals surface area contributed by atoms with Crippen LogP contribution in [0.2, 0.25) is 0 Å². The van der Waals surface area contributed by atoms with Crippen LogP contribution in [0.4, 0.5) is 4.39 Å². The fourth-order valence-electron chi connectivity index (χ4n) is 3.00. The summed E-state index contributed by atoms with van der Waals surface area (Å²) in [5.41, 5.74) is 2.04. The molecular weight excluding hydrogens is 339 g/mol. The van der Waals surface area contributed by atoms with Gasteiger partial charge >= 0.3 is 0 Å². The standard InChI is InChI=1S/C24H19FO2/c25-22-12-6-7-13-23(22)26-17-19-14-20-10-4-5-11-21(20)24(15-19)27-16-18-8-2-1-3-9-18/h1-15H,16-17H2. The highest BCUT2D eigenvalue weighted by atomic mass is 19.1. The van der Waals surface area contributed by atoms with Gasteiger partial charge in [-0.05, 0) is 40.8 Å². The van der Waals surface area contributed by atoms with E-state index in [0.717, 1.165) is 27.6 Å². The van der Waals surface area contributed by atoms with Crippen molar-refractivity contribution in [2.45, 2.75) is 13.2 Å². The van der Waals surface area contributed by atoms with Gasteiger partial charge in [0.15, 0.2) is 11.6 Å². The first kappa shape index (κ1) is 17.1. The zero-order valence-corrected chi connectivity index (χ0v) is 14.8. The molecule has 0 unspecified atom stereocenters. The van der Waals surface area contributed by atoms with Crippen LogP contribution in [0, 0.1) is 5.82 Å². The van der Waals surface area contributed by atoms with Gasteiger partial charge in [-0.15, -0.1) is 0 Å². The first-order chi connectivity index (χ1) is 13.3. The normalized spacial score (nSPS) is 10.7. The number of ether oxygens (including phenoxy) is 2. The largest absolute Gasteiger partial charge is 0.488 e. The van der Waals surface area contributed by atoms with Gasteiger partial charge in [0, 0.05) is 5.39 Å². The average Bonchev–Trinajstić information content (AvgIpc) is 2.72. The molecule has 4 aromatic rings. The summed E-state index contributed by atoms with van der Waals surface area (Å²) >= 11 is 0. The Morgan fingerprint density at radius 1 is 0.593 bits per heavy atom. The van der Waals surface area contributed by atoms with E-state index >= 15 is 0 Å². The van der Waals surface area contributed by atoms with Crippen LogP contribution < -0.4 is 9.47 Å². The number of hydrogen-bond acceptors (Lipinski definition) is 2. The Hall–Kier alpha value is -3.33. The van der Waals surface area contributed by atoms with Gasteiger partial charge in [0.1, 0.15) is 19.0 Å². The van der Waals surface area contributed by atoms with Gasteiger partial charge < -0.3 is 9.47 Å². The lowest BCUT2D eigenvalue weighted by atomic mass is 10.1. The molecule has 2 nitrogen and oxygen atoms in total. The molecule has 0 aliphatic carbocycles. The lowest BCUT2D eigenvalue weighted by molar-refractivity contribution is 0.286. The van der Waals surface area contributed by atoms with E-state index in [9.17, 15) is 4.39 Å². The molecule has 0 saturated heterocycles. The van der Waals surface area contributed by atoms with Gasteiger partial charge in [-0.3, -0.25) is 0 Å². The molecule has 3 heteroatoms. The van der Waals surface area contributed by atoms with Gasteiger partial charge in [0.05, 0.1) is 0 Å². The van der Waals surface area contributed by atoms with Crippen molar-refractivity contribution in [2.24, 2.45) is 0 Å². The van der Waals surface area contributed by atoms with Crippen molar-refractivity contribution in [1.29, 1.82) is 0 Å². The van der Waals surface area contributed by atoms with Gasteiger partial charge in [0.25, 0.3) is 0 Å². The predicted octanol–water partition coefficient (Wildman–Crippen LogP) is 6.14. The first-order valence-electron chi connectivity index (χ1n) is 8.85. The smallest absolute Gasteiger partial charge is 0.165 e. The van der Waals surface area contributed by atoms with Crippen LogP contribution in [0.25, 0.3) is 10.8 Å². The van der Waals surface area contributed by atoms with Crippen LogP contribution in [0.3, 0.4) is 0 Å². The lowest BCUT2D eigenvalue weighted by Gasteiger charge is -2.13. The van der Waals surface area contributed by atoms with Crippen molar-refractivity contribution in [1.82, 2.24) is 0 Å². The van der Waals surface area contributed by atoms with E-state index in [-0.39, 0.29) is 18.2 Å². The fraction of sp³-hybridized carbons (Fsp3) is 0.0833. The minimum atomic E-state index is -0.362. The summed E-state index contributed by atoms with van der Waals surface area (Å²) in [4.78, 5) is 0. The maximum Gasteiger partial charge on any atom is 0.165 e. The molecule has 0 aliphatic heterocycles. The Kier molecular flexibility index (Phi) is 5.01. The van der Waals surface area contributed by atoms with Gasteiger partial charge in [-0.2, -0.15) is 0 Å². The molecule has 0 N–H and O–H groups in total. The van der Waals surface area contributed by atoms with Crippen LogP contribution in [0.5, 0.6) is 11.5 Å². The first-order valence-corrected chi connectivity index (χ1v) is 8.85. The van der Waals surface area contributed by atoms with E-state index in [1.165, 1.54) is 6.07 Å². The Morgan fingerprint density at radius 3 is 2.11 bits per heavy atom. The van der Waals surface area contributed by atoms with Crippen molar-refractivity contribution >= 4 is 10.8 Å². The van der Waals surface area contributed by atoms with E-state index in [1.807, 2.05) is 66.7 Å². The van der Waals surface area contributed by atoms with Crippen LogP contribution in [0.1, 0.15) is 11.1 Å². The highest BCUT2D eigenvalue weighted by molar-refractivity contribution is 5.89. The topological polar surface area (TPSA) is 18.5 Å². The Morgan fingerprint density at radius 2 is 1.26 bits per heavy atom. The minimum absolute atomic E-state index is 0.248. The third kappa shape index (κ3) is 4.09. The molecule has 0 amide bonds. The molecule has 4 aromatic carbocycles. The van der Waals surface area contributed by atoms with Crippen LogP contribution in [-0.2, 0) is 13.2 Å². The van der Waals surface area contributed by atoms with Crippen LogP contribution in [-0.4, -0.2) is 0 Å². The second-order valence-corrected chi connectivity index (χ2v) is 6.31. The number of benzene rings is 4. The van der Waals surface area contributed by atoms with Crippen molar-refractivity contribution in [3.8, 4) is 11.5 Å². The second-order valence-electron chi connectivity index (χ2n) is 6.31. The number of fused-ring (bicyclic) bond motifs is 1. The van der Waals surface area contributed by atoms with Gasteiger partial charge in [0.2, 0.25) is 0 Å². The molecule has 0 aliphatic rings. The molecule has 0 aromatic heterocycles. The summed E-state index contributed by atoms with van der Waals surface area (Å²) < 4.78 is 25.5. The number of para-hydroxylation sites is 1. The molecule has 27 heavy (non-hydrogen) atoms. The van der Waals surface area contributed by atoms with Crippen molar-refractivity contribution in [3.63, 3.8) is 0 Å². The number of rotatable bonds is 6. The Bertz CT molecular complexity index is 1040. The van der Waals surface area contributed by atoms with Crippen molar-refractivity contribution in [3.05, 3.63) is 108 Å². The molecule has 0 spiro atoms. The zero-order valence-electron chi connectivity index (χ0n) is 14.8. The third-order valence-corrected chi connectivity index (χ3v) is 4.35. The second kappa shape index (κ2) is 7.92. The number of hydrogen-bond donors (Lipinski definition) is 0. The molecule has 0 fully saturated rings. The van der Waals surface area contributed by atoms with E-state index < -0.39 is 0 Å². The van der Waals surface area contributed by atoms with E-state index in [1.54, 1.807) is 18.2 Å². The molecule has 134 valence electrons. The molecule has 0 heterocycles. The fourth-order valence-corrected chi connectivity index (χ4v) is 3.00. The molecular formula is C24H19FO2. The molecule has 0 atom stereocenters. The summed E-state index contributed by atoms with van der Waals surface area (Å²) in [6.07, 6.45) is 0. The quantitative estimate of drug-likeness (QED) is 0.412. The van der Waals surface area contributed by atoms with E-state index in [0.29, 0.717) is 6.61 Å². The summed E-state index contributed by atoms with van der Waals surface area (Å²) in [5.74, 6) is 0.681. The third-order valence-electron chi connectivity index (χ3n) is 4.35. The monoisotopic (exact) mass is 358 g/mol. The van der Waals surface area contributed by atoms with Crippen LogP contribution >= 0.6 is 0 Å². The minimum Gasteiger partial charge on any atom is -0.488 e. The summed E-state index contributed by atoms with van der Waals surface area (Å²) in [5, 5.41) is 2.11. The maximum atomic E-state index is 13.8. The Labute approximate surface area is 157 Å². The molecule has 0 bridgehead atoms. The zero-order chi connectivity index (χ0) is 18.5. The number of halogens is 1. The SMILES string of the molecule is Fc1ccccc1OCc1cc(OCc2ccccc2)c2ccccc2c1. The molecule has 0 radical (unpaired) electrons. The van der Waals surface area contributed by atoms with E-state index in [4.69, 9.17) is 9.47 Å². The van der Waals surface area contributed by atoms with Crippen LogP contribution in [0.15, 0.2) is 91.0 Å². The predicted molar refractivity (Wildman–Crippen MR) is 105 cm³/mol. The van der Waals surface area contributed by atoms with Crippen molar-refractivity contribution in [2.75, 3.05) is 0 Å². The summed E-state index contributed by atoms with van der Waals surface area (Å²) in [6, 6.07) is 28.5. The average molecular weight is 358 g/mol. The summed E-state index contributed by atoms with van der Waals surface area (Å²) in [7, 11) is 0. The van der Waals surface area contributed by atoms with Gasteiger partial charge in [-0.1, -0.05) is 66.7 Å². The van der Waals surface area contributed by atoms with Crippen molar-refractivity contribution < 1.29 is 13.9 Å². The van der Waals surface area contributed by atoms with Gasteiger partial charge in [-0.25, -0.2) is 4.39 Å². The van der Waals surface area contributed by atoms with E-state index in [2.05, 4.69) is 0 Å². The maximum absolute atomic E-state index is 13.8. The highest BCUT2D eigenvalue weighted by Crippen LogP contribution is 2.29. The lowest BCUT2D eigenvalue weighted by Crippen LogP contribution is -2.00. The molecule has 0 saturated carbocycles. The molecule has 4 rings (SSSR count).